The van der Waals surface area contributed by atoms with E-state index in [0.717, 1.165) is 19.4 Å². The monoisotopic (exact) mass is 455 g/mol. The van der Waals surface area contributed by atoms with Gasteiger partial charge in [-0.3, -0.25) is 4.90 Å². The molecule has 0 saturated carbocycles. The van der Waals surface area contributed by atoms with Crippen LogP contribution in [0.4, 0.5) is 14.6 Å². The van der Waals surface area contributed by atoms with Crippen LogP contribution in [-0.2, 0) is 4.74 Å². The second-order valence-electron chi connectivity index (χ2n) is 8.49. The zero-order valence-electron chi connectivity index (χ0n) is 16.9. The zero-order chi connectivity index (χ0) is 21.6. The summed E-state index contributed by atoms with van der Waals surface area (Å²) in [5.74, 6) is -0.368. The molecule has 0 aromatic carbocycles. The maximum absolute atomic E-state index is 14.8. The van der Waals surface area contributed by atoms with Crippen LogP contribution in [0.2, 0.25) is 5.15 Å². The van der Waals surface area contributed by atoms with E-state index in [2.05, 4.69) is 19.9 Å². The number of alkyl halides is 1. The molecule has 0 aliphatic carbocycles. The smallest absolute Gasteiger partial charge is 0.319 e. The number of rotatable bonds is 4. The summed E-state index contributed by atoms with van der Waals surface area (Å²) in [7, 11) is 0. The van der Waals surface area contributed by atoms with Gasteiger partial charge in [-0.25, -0.2) is 13.8 Å². The van der Waals surface area contributed by atoms with Crippen LogP contribution >= 0.6 is 11.6 Å². The Morgan fingerprint density at radius 2 is 2.19 bits per heavy atom. The summed E-state index contributed by atoms with van der Waals surface area (Å²) < 4.78 is 40.2. The van der Waals surface area contributed by atoms with Gasteiger partial charge in [-0.1, -0.05) is 11.6 Å². The molecule has 11 heteroatoms. The molecule has 168 valence electrons. The number of halogens is 3. The molecule has 3 aliphatic heterocycles. The molecule has 0 spiro atoms. The Morgan fingerprint density at radius 3 is 3.06 bits per heavy atom. The highest BCUT2D eigenvalue weighted by molar-refractivity contribution is 6.30. The van der Waals surface area contributed by atoms with Crippen molar-refractivity contribution in [2.24, 2.45) is 0 Å². The van der Waals surface area contributed by atoms with Gasteiger partial charge >= 0.3 is 6.01 Å². The largest absolute Gasteiger partial charge is 0.461 e. The van der Waals surface area contributed by atoms with Gasteiger partial charge in [0, 0.05) is 32.3 Å². The highest BCUT2D eigenvalue weighted by atomic mass is 35.5. The minimum absolute atomic E-state index is 0.00442. The van der Waals surface area contributed by atoms with E-state index in [-0.39, 0.29) is 42.0 Å². The first-order valence-corrected chi connectivity index (χ1v) is 10.9. The molecule has 2 aromatic rings. The fraction of sp³-hybridized carbons (Fsp3) is 0.650. The summed E-state index contributed by atoms with van der Waals surface area (Å²) in [6, 6.07) is -0.00754. The van der Waals surface area contributed by atoms with Crippen molar-refractivity contribution in [3.05, 3.63) is 17.2 Å². The van der Waals surface area contributed by atoms with Gasteiger partial charge in [0.2, 0.25) is 0 Å². The van der Waals surface area contributed by atoms with Gasteiger partial charge in [0.25, 0.3) is 0 Å². The van der Waals surface area contributed by atoms with Gasteiger partial charge in [-0.15, -0.1) is 0 Å². The molecule has 3 atom stereocenters. The standard InChI is InChI=1S/C20H24ClF2N5O3/c21-17-15(23)16-14(7-24-17)18(27-4-5-30-10-13(29)9-27)26-19(25-16)31-11-20-2-1-3-28(20)8-12(22)6-20/h7,12-13,29H,1-6,8-11H2/t12-,13?,20+/m1/s1. The molecular weight excluding hydrogens is 432 g/mol. The number of nitrogens with zero attached hydrogens (tertiary/aromatic N) is 5. The Morgan fingerprint density at radius 1 is 1.32 bits per heavy atom. The summed E-state index contributed by atoms with van der Waals surface area (Å²) in [4.78, 5) is 16.6. The number of aliphatic hydroxyl groups is 1. The van der Waals surface area contributed by atoms with Gasteiger partial charge in [-0.2, -0.15) is 9.97 Å². The van der Waals surface area contributed by atoms with Crippen LogP contribution in [0.25, 0.3) is 10.9 Å². The van der Waals surface area contributed by atoms with Crippen LogP contribution < -0.4 is 9.64 Å². The number of ether oxygens (including phenoxy) is 2. The molecule has 8 nitrogen and oxygen atoms in total. The van der Waals surface area contributed by atoms with Crippen LogP contribution in [0.1, 0.15) is 19.3 Å². The molecule has 3 aliphatic rings. The fourth-order valence-electron chi connectivity index (χ4n) is 4.94. The van der Waals surface area contributed by atoms with Crippen molar-refractivity contribution in [1.29, 1.82) is 0 Å². The van der Waals surface area contributed by atoms with E-state index in [9.17, 15) is 13.9 Å². The van der Waals surface area contributed by atoms with E-state index in [1.807, 2.05) is 0 Å². The third-order valence-electron chi connectivity index (χ3n) is 6.38. The predicted molar refractivity (Wildman–Crippen MR) is 110 cm³/mol. The molecule has 0 radical (unpaired) electrons. The van der Waals surface area contributed by atoms with Gasteiger partial charge < -0.3 is 19.5 Å². The average Bonchev–Trinajstić information content (AvgIpc) is 3.17. The lowest BCUT2D eigenvalue weighted by atomic mass is 9.95. The molecule has 5 rings (SSSR count). The molecule has 1 unspecified atom stereocenters. The second kappa shape index (κ2) is 8.23. The van der Waals surface area contributed by atoms with Crippen molar-refractivity contribution < 1.29 is 23.4 Å². The van der Waals surface area contributed by atoms with Gasteiger partial charge in [0.05, 0.1) is 30.2 Å². The number of hydrogen-bond donors (Lipinski definition) is 1. The first-order valence-electron chi connectivity index (χ1n) is 10.5. The van der Waals surface area contributed by atoms with Crippen molar-refractivity contribution in [1.82, 2.24) is 19.9 Å². The van der Waals surface area contributed by atoms with E-state index in [4.69, 9.17) is 21.1 Å². The molecule has 2 aromatic heterocycles. The van der Waals surface area contributed by atoms with Gasteiger partial charge in [0.15, 0.2) is 11.0 Å². The van der Waals surface area contributed by atoms with Crippen LogP contribution in [0.3, 0.4) is 0 Å². The summed E-state index contributed by atoms with van der Waals surface area (Å²) in [5.41, 5.74) is -0.380. The Balaban J connectivity index is 1.50. The number of β-amino-alcohol motifs (C(OH)–C–C–N with tert-alkyl or cyclic N) is 1. The van der Waals surface area contributed by atoms with Crippen molar-refractivity contribution in [3.8, 4) is 6.01 Å². The summed E-state index contributed by atoms with van der Waals surface area (Å²) in [6.45, 7) is 2.79. The summed E-state index contributed by atoms with van der Waals surface area (Å²) in [5, 5.41) is 10.2. The van der Waals surface area contributed by atoms with Crippen molar-refractivity contribution in [2.45, 2.75) is 37.1 Å². The van der Waals surface area contributed by atoms with Crippen LogP contribution in [0, 0.1) is 5.82 Å². The van der Waals surface area contributed by atoms with Gasteiger partial charge in [0.1, 0.15) is 24.1 Å². The van der Waals surface area contributed by atoms with Crippen LogP contribution in [0.5, 0.6) is 6.01 Å². The summed E-state index contributed by atoms with van der Waals surface area (Å²) >= 11 is 5.89. The number of aliphatic hydroxyl groups excluding tert-OH is 1. The van der Waals surface area contributed by atoms with E-state index >= 15 is 0 Å². The van der Waals surface area contributed by atoms with Crippen LogP contribution in [0.15, 0.2) is 6.20 Å². The lowest BCUT2D eigenvalue weighted by Crippen LogP contribution is -2.43. The minimum atomic E-state index is -0.877. The van der Waals surface area contributed by atoms with Crippen molar-refractivity contribution >= 4 is 28.3 Å². The van der Waals surface area contributed by atoms with Crippen molar-refractivity contribution in [3.63, 3.8) is 0 Å². The average molecular weight is 456 g/mol. The second-order valence-corrected chi connectivity index (χ2v) is 8.85. The van der Waals surface area contributed by atoms with Gasteiger partial charge in [-0.05, 0) is 19.4 Å². The lowest BCUT2D eigenvalue weighted by Gasteiger charge is -2.31. The van der Waals surface area contributed by atoms with E-state index < -0.39 is 18.1 Å². The summed E-state index contributed by atoms with van der Waals surface area (Å²) in [6.07, 6.45) is 2.06. The van der Waals surface area contributed by atoms with Crippen molar-refractivity contribution in [2.75, 3.05) is 50.9 Å². The molecule has 0 bridgehead atoms. The lowest BCUT2D eigenvalue weighted by molar-refractivity contribution is 0.0597. The Hall–Kier alpha value is -1.88. The number of pyridine rings is 1. The minimum Gasteiger partial charge on any atom is -0.461 e. The molecule has 31 heavy (non-hydrogen) atoms. The quantitative estimate of drug-likeness (QED) is 0.701. The number of anilines is 1. The molecule has 3 saturated heterocycles. The topological polar surface area (TPSA) is 83.8 Å². The fourth-order valence-corrected chi connectivity index (χ4v) is 5.08. The molecule has 3 fully saturated rings. The van der Waals surface area contributed by atoms with E-state index in [1.54, 1.807) is 4.90 Å². The molecule has 5 heterocycles. The third kappa shape index (κ3) is 3.90. The Kier molecular flexibility index (Phi) is 5.58. The normalized spacial score (nSPS) is 29.4. The Bertz CT molecular complexity index is 985. The first kappa shape index (κ1) is 21.0. The third-order valence-corrected chi connectivity index (χ3v) is 6.64. The molecular formula is C20H24ClF2N5O3. The number of hydrogen-bond acceptors (Lipinski definition) is 8. The highest BCUT2D eigenvalue weighted by Gasteiger charge is 2.49. The SMILES string of the molecule is OC1COCCN(c2nc(OC[C@@]34CCCN3C[C@H](F)C4)nc3c(F)c(Cl)ncc23)C1. The van der Waals surface area contributed by atoms with E-state index in [1.165, 1.54) is 6.20 Å². The predicted octanol–water partition coefficient (Wildman–Crippen LogP) is 1.97. The number of fused-ring (bicyclic) bond motifs is 2. The Labute approximate surface area is 183 Å². The van der Waals surface area contributed by atoms with E-state index in [0.29, 0.717) is 37.3 Å². The van der Waals surface area contributed by atoms with Crippen LogP contribution in [-0.4, -0.2) is 88.8 Å². The zero-order valence-corrected chi connectivity index (χ0v) is 17.7. The first-order chi connectivity index (χ1) is 14.9. The molecule has 1 N–H and O–H groups in total. The number of aromatic nitrogens is 3. The maximum Gasteiger partial charge on any atom is 0.319 e. The highest BCUT2D eigenvalue weighted by Crippen LogP contribution is 2.40. The maximum atomic E-state index is 14.8. The molecule has 0 amide bonds.